The highest BCUT2D eigenvalue weighted by molar-refractivity contribution is 7.10. The van der Waals surface area contributed by atoms with Gasteiger partial charge in [-0.3, -0.25) is 0 Å². The third-order valence-electron chi connectivity index (χ3n) is 2.11. The molecule has 0 saturated heterocycles. The first-order valence-electron chi connectivity index (χ1n) is 4.52. The summed E-state index contributed by atoms with van der Waals surface area (Å²) in [5, 5.41) is 14.8. The van der Waals surface area contributed by atoms with Crippen molar-refractivity contribution in [3.8, 4) is 0 Å². The maximum atomic E-state index is 10.8. The summed E-state index contributed by atoms with van der Waals surface area (Å²) in [6, 6.07) is 9.39. The predicted octanol–water partition coefficient (Wildman–Crippen LogP) is 0.669. The van der Waals surface area contributed by atoms with Crippen LogP contribution in [0.3, 0.4) is 0 Å². The summed E-state index contributed by atoms with van der Waals surface area (Å²) in [5.41, 5.74) is 0.743. The number of carboxylic acids is 1. The van der Waals surface area contributed by atoms with Gasteiger partial charge in [0.25, 0.3) is 0 Å². The van der Waals surface area contributed by atoms with Crippen LogP contribution < -0.4 is 10.0 Å². The van der Waals surface area contributed by atoms with Crippen LogP contribution in [0.5, 0.6) is 0 Å². The summed E-state index contributed by atoms with van der Waals surface area (Å²) in [7, 11) is 1.76. The first-order chi connectivity index (χ1) is 7.70. The molecule has 0 bridgehead atoms. The van der Waals surface area contributed by atoms with Crippen LogP contribution in [0.2, 0.25) is 0 Å². The Morgan fingerprint density at radius 2 is 2.06 bits per heavy atom. The molecule has 0 aliphatic rings. The number of hydrogen-bond donors (Lipinski definition) is 0. The number of aromatic nitrogens is 2. The molecule has 0 N–H and O–H groups in total. The van der Waals surface area contributed by atoms with E-state index >= 15 is 0 Å². The molecular weight excluding hydrogens is 226 g/mol. The van der Waals surface area contributed by atoms with Crippen molar-refractivity contribution in [1.82, 2.24) is 9.59 Å². The zero-order chi connectivity index (χ0) is 11.5. The third-order valence-corrected chi connectivity index (χ3v) is 2.92. The Kier molecular flexibility index (Phi) is 2.82. The van der Waals surface area contributed by atoms with Crippen LogP contribution in [0.4, 0.5) is 10.7 Å². The quantitative estimate of drug-likeness (QED) is 0.780. The fourth-order valence-corrected chi connectivity index (χ4v) is 1.94. The molecule has 0 spiro atoms. The molecule has 82 valence electrons. The molecule has 0 unspecified atom stereocenters. The van der Waals surface area contributed by atoms with Gasteiger partial charge in [0, 0.05) is 24.3 Å². The number of nitrogens with zero attached hydrogens (tertiary/aromatic N) is 3. The van der Waals surface area contributed by atoms with Crippen LogP contribution in [0.1, 0.15) is 10.5 Å². The molecule has 0 saturated carbocycles. The van der Waals surface area contributed by atoms with Crippen molar-refractivity contribution < 1.29 is 9.90 Å². The van der Waals surface area contributed by atoms with E-state index in [2.05, 4.69) is 9.59 Å². The third kappa shape index (κ3) is 1.87. The Hall–Kier alpha value is -1.95. The number of carbonyl (C=O) groups is 1. The van der Waals surface area contributed by atoms with Gasteiger partial charge in [0.2, 0.25) is 0 Å². The second-order valence-electron chi connectivity index (χ2n) is 3.11. The molecule has 2 rings (SSSR count). The van der Waals surface area contributed by atoms with Gasteiger partial charge in [-0.05, 0) is 12.1 Å². The van der Waals surface area contributed by atoms with Crippen LogP contribution in [0.15, 0.2) is 30.3 Å². The minimum absolute atomic E-state index is 0.128. The highest BCUT2D eigenvalue weighted by Gasteiger charge is 2.14. The first kappa shape index (κ1) is 10.6. The normalized spacial score (nSPS) is 10.1. The molecular formula is C10H8N3O2S-. The summed E-state index contributed by atoms with van der Waals surface area (Å²) in [5.74, 6) is -1.31. The van der Waals surface area contributed by atoms with Gasteiger partial charge in [-0.1, -0.05) is 22.7 Å². The van der Waals surface area contributed by atoms with Gasteiger partial charge in [0.15, 0.2) is 0 Å². The van der Waals surface area contributed by atoms with Crippen molar-refractivity contribution >= 4 is 28.2 Å². The SMILES string of the molecule is CN(c1ccccc1)c1snnc1C(=O)[O-]. The van der Waals surface area contributed by atoms with E-state index < -0.39 is 5.97 Å². The molecule has 0 amide bonds. The Bertz CT molecular complexity index is 498. The maximum absolute atomic E-state index is 10.8. The average Bonchev–Trinajstić information content (AvgIpc) is 2.78. The zero-order valence-electron chi connectivity index (χ0n) is 8.45. The van der Waals surface area contributed by atoms with Crippen molar-refractivity contribution in [2.24, 2.45) is 0 Å². The predicted molar refractivity (Wildman–Crippen MR) is 58.7 cm³/mol. The van der Waals surface area contributed by atoms with Crippen LogP contribution in [-0.4, -0.2) is 22.6 Å². The molecule has 1 aromatic heterocycles. The number of carbonyl (C=O) groups excluding carboxylic acids is 1. The largest absolute Gasteiger partial charge is 0.543 e. The molecule has 5 nitrogen and oxygen atoms in total. The molecule has 0 aliphatic carbocycles. The fourth-order valence-electron chi connectivity index (χ4n) is 1.30. The Morgan fingerprint density at radius 1 is 1.38 bits per heavy atom. The molecule has 1 aromatic carbocycles. The topological polar surface area (TPSA) is 69.2 Å². The summed E-state index contributed by atoms with van der Waals surface area (Å²) < 4.78 is 3.62. The lowest BCUT2D eigenvalue weighted by molar-refractivity contribution is -0.255. The Balaban J connectivity index is 2.38. The molecule has 0 atom stereocenters. The second-order valence-corrected chi connectivity index (χ2v) is 3.84. The van der Waals surface area contributed by atoms with Crippen molar-refractivity contribution in [2.45, 2.75) is 0 Å². The van der Waals surface area contributed by atoms with E-state index in [1.54, 1.807) is 11.9 Å². The average molecular weight is 234 g/mol. The minimum atomic E-state index is -1.31. The van der Waals surface area contributed by atoms with E-state index in [0.29, 0.717) is 5.00 Å². The summed E-state index contributed by atoms with van der Waals surface area (Å²) >= 11 is 1.02. The van der Waals surface area contributed by atoms with E-state index in [1.165, 1.54) is 0 Å². The monoisotopic (exact) mass is 234 g/mol. The number of aromatic carboxylic acids is 1. The minimum Gasteiger partial charge on any atom is -0.543 e. The van der Waals surface area contributed by atoms with Crippen molar-refractivity contribution in [1.29, 1.82) is 0 Å². The lowest BCUT2D eigenvalue weighted by Gasteiger charge is -2.17. The van der Waals surface area contributed by atoms with E-state index in [-0.39, 0.29) is 5.69 Å². The van der Waals surface area contributed by atoms with Crippen molar-refractivity contribution in [3.63, 3.8) is 0 Å². The second kappa shape index (κ2) is 4.28. The van der Waals surface area contributed by atoms with Gasteiger partial charge in [-0.2, -0.15) is 0 Å². The van der Waals surface area contributed by atoms with Crippen molar-refractivity contribution in [2.75, 3.05) is 11.9 Å². The summed E-state index contributed by atoms with van der Waals surface area (Å²) in [6.45, 7) is 0. The van der Waals surface area contributed by atoms with Gasteiger partial charge in [-0.15, -0.1) is 5.10 Å². The highest BCUT2D eigenvalue weighted by atomic mass is 32.1. The van der Waals surface area contributed by atoms with Crippen LogP contribution >= 0.6 is 11.5 Å². The standard InChI is InChI=1S/C10H9N3O2S/c1-13(7-5-3-2-4-6-7)9-8(10(14)15)11-12-16-9/h2-6H,1H3,(H,14,15)/p-1. The molecule has 6 heteroatoms. The number of benzene rings is 1. The van der Waals surface area contributed by atoms with E-state index in [0.717, 1.165) is 17.2 Å². The van der Waals surface area contributed by atoms with Crippen LogP contribution in [-0.2, 0) is 0 Å². The maximum Gasteiger partial charge on any atom is 0.146 e. The van der Waals surface area contributed by atoms with Gasteiger partial charge >= 0.3 is 0 Å². The summed E-state index contributed by atoms with van der Waals surface area (Å²) in [6.07, 6.45) is 0. The fraction of sp³-hybridized carbons (Fsp3) is 0.100. The van der Waals surface area contributed by atoms with Gasteiger partial charge < -0.3 is 14.8 Å². The number of carboxylic acid groups (broad SMARTS) is 1. The smallest absolute Gasteiger partial charge is 0.146 e. The highest BCUT2D eigenvalue weighted by Crippen LogP contribution is 2.28. The zero-order valence-corrected chi connectivity index (χ0v) is 9.27. The number of hydrogen-bond acceptors (Lipinski definition) is 6. The molecule has 2 aromatic rings. The van der Waals surface area contributed by atoms with Crippen LogP contribution in [0, 0.1) is 0 Å². The molecule has 1 heterocycles. The lowest BCUT2D eigenvalue weighted by Crippen LogP contribution is -2.25. The van der Waals surface area contributed by atoms with E-state index in [4.69, 9.17) is 0 Å². The number of rotatable bonds is 3. The molecule has 0 radical (unpaired) electrons. The van der Waals surface area contributed by atoms with Crippen LogP contribution in [0.25, 0.3) is 0 Å². The first-order valence-corrected chi connectivity index (χ1v) is 5.30. The number of para-hydroxylation sites is 1. The Labute approximate surface area is 96.1 Å². The van der Waals surface area contributed by atoms with Gasteiger partial charge in [0.05, 0.1) is 5.97 Å². The summed E-state index contributed by atoms with van der Waals surface area (Å²) in [4.78, 5) is 12.5. The molecule has 16 heavy (non-hydrogen) atoms. The van der Waals surface area contributed by atoms with Crippen molar-refractivity contribution in [3.05, 3.63) is 36.0 Å². The van der Waals surface area contributed by atoms with Gasteiger partial charge in [-0.25, -0.2) is 0 Å². The number of anilines is 2. The lowest BCUT2D eigenvalue weighted by atomic mass is 10.3. The van der Waals surface area contributed by atoms with E-state index in [9.17, 15) is 9.90 Å². The Morgan fingerprint density at radius 3 is 2.69 bits per heavy atom. The van der Waals surface area contributed by atoms with Gasteiger partial charge in [0.1, 0.15) is 10.7 Å². The molecule has 0 aliphatic heterocycles. The molecule has 0 fully saturated rings. The van der Waals surface area contributed by atoms with E-state index in [1.807, 2.05) is 30.3 Å².